The fraction of sp³-hybridized carbons (Fsp3) is 0.821. The summed E-state index contributed by atoms with van der Waals surface area (Å²) in [5, 5.41) is 15.3. The number of hydrogen-bond acceptors (Lipinski definition) is 3. The first kappa shape index (κ1) is 27.4. The van der Waals surface area contributed by atoms with Crippen LogP contribution in [0.1, 0.15) is 88.3 Å². The van der Waals surface area contributed by atoms with Gasteiger partial charge in [0.1, 0.15) is 6.17 Å². The largest absolute Gasteiger partial charge is 0.435 e. The van der Waals surface area contributed by atoms with E-state index in [2.05, 4.69) is 10.4 Å². The molecule has 2 heterocycles. The zero-order valence-corrected chi connectivity index (χ0v) is 22.4. The molecule has 0 radical (unpaired) electrons. The number of nitrogens with zero attached hydrogens (tertiary/aromatic N) is 3. The van der Waals surface area contributed by atoms with Crippen molar-refractivity contribution in [3.63, 3.8) is 0 Å². The van der Waals surface area contributed by atoms with E-state index in [0.717, 1.165) is 45.1 Å². The monoisotopic (exact) mass is 539 g/mol. The molecule has 2 N–H and O–H groups in total. The van der Waals surface area contributed by atoms with Crippen LogP contribution in [0, 0.1) is 35.0 Å². The molecule has 1 saturated heterocycles. The highest BCUT2D eigenvalue weighted by Crippen LogP contribution is 2.46. The summed E-state index contributed by atoms with van der Waals surface area (Å²) in [5.41, 5.74) is -0.681. The van der Waals surface area contributed by atoms with Gasteiger partial charge in [-0.1, -0.05) is 6.92 Å². The SMILES string of the molecule is CC1CC([C@@H](NC(=O)C2CC(CN3CCCC3=N)CC(c3cn(C)nc3C(F)(F)F)C2)C2CC2)CCC1F. The van der Waals surface area contributed by atoms with Crippen LogP contribution in [0.15, 0.2) is 6.20 Å². The van der Waals surface area contributed by atoms with Gasteiger partial charge in [-0.15, -0.1) is 0 Å². The summed E-state index contributed by atoms with van der Waals surface area (Å²) < 4.78 is 57.0. The molecular weight excluding hydrogens is 498 g/mol. The third-order valence-corrected chi connectivity index (χ3v) is 9.49. The Morgan fingerprint density at radius 3 is 2.53 bits per heavy atom. The molecule has 3 saturated carbocycles. The summed E-state index contributed by atoms with van der Waals surface area (Å²) in [5.74, 6) is 0.369. The van der Waals surface area contributed by atoms with Crippen LogP contribution < -0.4 is 5.32 Å². The van der Waals surface area contributed by atoms with E-state index >= 15 is 0 Å². The summed E-state index contributed by atoms with van der Waals surface area (Å²) in [4.78, 5) is 15.8. The van der Waals surface area contributed by atoms with Crippen LogP contribution in [0.5, 0.6) is 0 Å². The summed E-state index contributed by atoms with van der Waals surface area (Å²) in [7, 11) is 1.50. The maximum absolute atomic E-state index is 14.2. The highest BCUT2D eigenvalue weighted by Gasteiger charge is 2.45. The number of nitrogens with one attached hydrogen (secondary N) is 2. The van der Waals surface area contributed by atoms with Gasteiger partial charge in [0.05, 0.1) is 5.84 Å². The highest BCUT2D eigenvalue weighted by molar-refractivity contribution is 5.81. The van der Waals surface area contributed by atoms with E-state index in [1.807, 2.05) is 11.8 Å². The lowest BCUT2D eigenvalue weighted by Crippen LogP contribution is -2.48. The van der Waals surface area contributed by atoms with Gasteiger partial charge in [-0.3, -0.25) is 14.9 Å². The molecule has 1 amide bonds. The summed E-state index contributed by atoms with van der Waals surface area (Å²) in [6.45, 7) is 3.34. The molecule has 0 spiro atoms. The molecule has 10 heteroatoms. The number of halogens is 4. The Hall–Kier alpha value is -2.13. The van der Waals surface area contributed by atoms with E-state index in [1.54, 1.807) is 0 Å². The molecule has 212 valence electrons. The standard InChI is InChI=1S/C28H41F4N5O/c1-16-10-19(7-8-23(16)29)25(18-5-6-18)34-27(38)21-12-17(14-37-9-3-4-24(37)33)11-20(13-21)22-15-36(2)35-26(22)28(30,31)32/h15-21,23,25,33H,3-14H2,1-2H3,(H,34,38)/t16?,17?,19?,20?,21?,23?,25-/m0/s1. The Balaban J connectivity index is 1.35. The molecule has 38 heavy (non-hydrogen) atoms. The first-order chi connectivity index (χ1) is 18.0. The van der Waals surface area contributed by atoms with Crippen LogP contribution in [0.2, 0.25) is 0 Å². The van der Waals surface area contributed by atoms with Crippen LogP contribution in [0.25, 0.3) is 0 Å². The Labute approximate surface area is 222 Å². The third-order valence-electron chi connectivity index (χ3n) is 9.49. The first-order valence-electron chi connectivity index (χ1n) is 14.4. The van der Waals surface area contributed by atoms with Crippen molar-refractivity contribution in [1.82, 2.24) is 20.0 Å². The van der Waals surface area contributed by atoms with Gasteiger partial charge in [-0.2, -0.15) is 18.3 Å². The second-order valence-corrected chi connectivity index (χ2v) is 12.5. The molecule has 1 aromatic heterocycles. The second-order valence-electron chi connectivity index (χ2n) is 12.5. The predicted octanol–water partition coefficient (Wildman–Crippen LogP) is 5.68. The first-order valence-corrected chi connectivity index (χ1v) is 14.4. The summed E-state index contributed by atoms with van der Waals surface area (Å²) in [6, 6.07) is 0.0205. The molecule has 4 fully saturated rings. The van der Waals surface area contributed by atoms with Crippen molar-refractivity contribution in [3.8, 4) is 0 Å². The number of likely N-dealkylation sites (tertiary alicyclic amines) is 1. The van der Waals surface area contributed by atoms with E-state index in [-0.39, 0.29) is 35.3 Å². The van der Waals surface area contributed by atoms with Gasteiger partial charge in [0.25, 0.3) is 0 Å². The lowest BCUT2D eigenvalue weighted by atomic mass is 9.71. The van der Waals surface area contributed by atoms with E-state index in [1.165, 1.54) is 17.9 Å². The fourth-order valence-corrected chi connectivity index (χ4v) is 7.41. The fourth-order valence-electron chi connectivity index (χ4n) is 7.41. The maximum atomic E-state index is 14.2. The molecule has 1 aromatic rings. The summed E-state index contributed by atoms with van der Waals surface area (Å²) >= 11 is 0. The number of amidine groups is 1. The minimum atomic E-state index is -4.55. The van der Waals surface area contributed by atoms with Crippen molar-refractivity contribution in [2.24, 2.45) is 36.6 Å². The third kappa shape index (κ3) is 6.03. The van der Waals surface area contributed by atoms with Crippen LogP contribution in [-0.4, -0.2) is 51.7 Å². The van der Waals surface area contributed by atoms with E-state index in [4.69, 9.17) is 5.41 Å². The normalized spacial score (nSPS) is 33.4. The molecule has 6 unspecified atom stereocenters. The van der Waals surface area contributed by atoms with Crippen molar-refractivity contribution < 1.29 is 22.4 Å². The van der Waals surface area contributed by atoms with Crippen LogP contribution in [0.4, 0.5) is 17.6 Å². The smallest absolute Gasteiger partial charge is 0.360 e. The zero-order chi connectivity index (χ0) is 27.2. The van der Waals surface area contributed by atoms with Crippen LogP contribution >= 0.6 is 0 Å². The van der Waals surface area contributed by atoms with Gasteiger partial charge in [0, 0.05) is 50.3 Å². The second kappa shape index (κ2) is 10.8. The molecule has 0 aromatic carbocycles. The van der Waals surface area contributed by atoms with Crippen molar-refractivity contribution in [1.29, 1.82) is 5.41 Å². The molecule has 1 aliphatic heterocycles. The Kier molecular flexibility index (Phi) is 7.80. The van der Waals surface area contributed by atoms with Gasteiger partial charge in [-0.05, 0) is 87.4 Å². The lowest BCUT2D eigenvalue weighted by molar-refractivity contribution is -0.142. The molecule has 3 aliphatic carbocycles. The molecule has 4 aliphatic rings. The molecular formula is C28H41F4N5O. The topological polar surface area (TPSA) is 74.0 Å². The van der Waals surface area contributed by atoms with Crippen molar-refractivity contribution in [3.05, 3.63) is 17.5 Å². The van der Waals surface area contributed by atoms with E-state index in [9.17, 15) is 22.4 Å². The van der Waals surface area contributed by atoms with E-state index in [0.29, 0.717) is 44.0 Å². The molecule has 0 bridgehead atoms. The van der Waals surface area contributed by atoms with Crippen molar-refractivity contribution in [2.45, 2.75) is 95.4 Å². The lowest BCUT2D eigenvalue weighted by Gasteiger charge is -2.39. The minimum absolute atomic E-state index is 0.0162. The van der Waals surface area contributed by atoms with Gasteiger partial charge in [0.2, 0.25) is 5.91 Å². The minimum Gasteiger partial charge on any atom is -0.360 e. The quantitative estimate of drug-likeness (QED) is 0.438. The van der Waals surface area contributed by atoms with Crippen molar-refractivity contribution >= 4 is 11.7 Å². The van der Waals surface area contributed by atoms with Gasteiger partial charge in [-0.25, -0.2) is 4.39 Å². The summed E-state index contributed by atoms with van der Waals surface area (Å²) in [6.07, 6.45) is 3.48. The number of alkyl halides is 4. The number of carbonyl (C=O) groups is 1. The average Bonchev–Trinajstić information content (AvgIpc) is 3.50. The number of aryl methyl sites for hydroxylation is 1. The number of hydrogen-bond donors (Lipinski definition) is 2. The predicted molar refractivity (Wildman–Crippen MR) is 136 cm³/mol. The van der Waals surface area contributed by atoms with Crippen molar-refractivity contribution in [2.75, 3.05) is 13.1 Å². The zero-order valence-electron chi connectivity index (χ0n) is 22.4. The highest BCUT2D eigenvalue weighted by atomic mass is 19.4. The molecule has 5 rings (SSSR count). The van der Waals surface area contributed by atoms with Crippen LogP contribution in [-0.2, 0) is 18.0 Å². The maximum Gasteiger partial charge on any atom is 0.435 e. The molecule has 6 nitrogen and oxygen atoms in total. The number of carbonyl (C=O) groups excluding carboxylic acids is 1. The Morgan fingerprint density at radius 1 is 1.16 bits per heavy atom. The number of amides is 1. The van der Waals surface area contributed by atoms with Gasteiger partial charge in [0.15, 0.2) is 5.69 Å². The van der Waals surface area contributed by atoms with Crippen LogP contribution in [0.3, 0.4) is 0 Å². The number of aromatic nitrogens is 2. The number of rotatable bonds is 7. The van der Waals surface area contributed by atoms with Gasteiger partial charge < -0.3 is 10.2 Å². The van der Waals surface area contributed by atoms with E-state index < -0.39 is 29.9 Å². The Bertz CT molecular complexity index is 1020. The Morgan fingerprint density at radius 2 is 1.89 bits per heavy atom. The average molecular weight is 540 g/mol. The van der Waals surface area contributed by atoms with Gasteiger partial charge >= 0.3 is 6.18 Å². The molecule has 7 atom stereocenters.